The van der Waals surface area contributed by atoms with Crippen LogP contribution < -0.4 is 5.32 Å². The summed E-state index contributed by atoms with van der Waals surface area (Å²) in [6.07, 6.45) is 0. The number of aromatic hydroxyl groups is 2. The molecule has 0 saturated carbocycles. The Bertz CT molecular complexity index is 646. The van der Waals surface area contributed by atoms with E-state index in [-0.39, 0.29) is 17.0 Å². The number of anilines is 1. The fourth-order valence-electron chi connectivity index (χ4n) is 1.44. The molecule has 0 aliphatic rings. The van der Waals surface area contributed by atoms with Crippen molar-refractivity contribution in [2.75, 3.05) is 5.32 Å². The number of carbonyl (C=O) groups is 1. The third-order valence-corrected chi connectivity index (χ3v) is 3.33. The van der Waals surface area contributed by atoms with E-state index in [4.69, 9.17) is 5.11 Å². The van der Waals surface area contributed by atoms with Crippen molar-refractivity contribution in [3.8, 4) is 11.5 Å². The zero-order chi connectivity index (χ0) is 14.0. The molecule has 0 fully saturated rings. The summed E-state index contributed by atoms with van der Waals surface area (Å²) in [5.74, 6) is -1.77. The number of amides is 1. The van der Waals surface area contributed by atoms with Crippen LogP contribution in [0.4, 0.5) is 10.1 Å². The van der Waals surface area contributed by atoms with Crippen molar-refractivity contribution >= 4 is 34.2 Å². The molecule has 0 unspecified atom stereocenters. The number of rotatable bonds is 2. The maximum absolute atomic E-state index is 13.1. The molecule has 3 N–H and O–H groups in total. The van der Waals surface area contributed by atoms with Gasteiger partial charge >= 0.3 is 0 Å². The lowest BCUT2D eigenvalue weighted by Gasteiger charge is -2.07. The second-order valence-electron chi connectivity index (χ2n) is 3.79. The summed E-state index contributed by atoms with van der Waals surface area (Å²) in [4.78, 5) is 11.9. The summed E-state index contributed by atoms with van der Waals surface area (Å²) in [5.41, 5.74) is 0.477. The van der Waals surface area contributed by atoms with Gasteiger partial charge in [-0.15, -0.1) is 0 Å². The van der Waals surface area contributed by atoms with Gasteiger partial charge in [0, 0.05) is 17.3 Å². The number of carbonyl (C=O) groups excluding carboxylic acids is 1. The SMILES string of the molecule is O=C(Nc1ccc(O)c(F)c1)c1ccc(I)c(O)c1. The summed E-state index contributed by atoms with van der Waals surface area (Å²) in [6.45, 7) is 0. The highest BCUT2D eigenvalue weighted by atomic mass is 127. The molecule has 0 heterocycles. The summed E-state index contributed by atoms with van der Waals surface area (Å²) >= 11 is 1.94. The van der Waals surface area contributed by atoms with Gasteiger partial charge in [-0.2, -0.15) is 0 Å². The molecule has 6 heteroatoms. The van der Waals surface area contributed by atoms with Crippen molar-refractivity contribution in [1.29, 1.82) is 0 Å². The monoisotopic (exact) mass is 373 g/mol. The first kappa shape index (κ1) is 13.6. The lowest BCUT2D eigenvalue weighted by molar-refractivity contribution is 0.102. The van der Waals surface area contributed by atoms with Crippen molar-refractivity contribution in [3.05, 3.63) is 51.3 Å². The Balaban J connectivity index is 2.20. The van der Waals surface area contributed by atoms with E-state index in [0.717, 1.165) is 12.1 Å². The molecule has 2 rings (SSSR count). The molecule has 0 radical (unpaired) electrons. The van der Waals surface area contributed by atoms with Crippen molar-refractivity contribution in [2.45, 2.75) is 0 Å². The van der Waals surface area contributed by atoms with E-state index in [0.29, 0.717) is 3.57 Å². The van der Waals surface area contributed by atoms with Crippen LogP contribution in [0, 0.1) is 9.39 Å². The number of nitrogens with one attached hydrogen (secondary N) is 1. The van der Waals surface area contributed by atoms with E-state index >= 15 is 0 Å². The number of halogens is 2. The first-order valence-corrected chi connectivity index (χ1v) is 6.33. The molecule has 0 aromatic heterocycles. The highest BCUT2D eigenvalue weighted by Crippen LogP contribution is 2.22. The Morgan fingerprint density at radius 3 is 2.47 bits per heavy atom. The van der Waals surface area contributed by atoms with Crippen LogP contribution >= 0.6 is 22.6 Å². The Hall–Kier alpha value is -1.83. The zero-order valence-corrected chi connectivity index (χ0v) is 11.7. The van der Waals surface area contributed by atoms with Crippen LogP contribution in [0.25, 0.3) is 0 Å². The van der Waals surface area contributed by atoms with Crippen LogP contribution in [-0.4, -0.2) is 16.1 Å². The predicted octanol–water partition coefficient (Wildman–Crippen LogP) is 3.09. The fourth-order valence-corrected chi connectivity index (χ4v) is 1.78. The molecule has 4 nitrogen and oxygen atoms in total. The van der Waals surface area contributed by atoms with Crippen molar-refractivity contribution < 1.29 is 19.4 Å². The average molecular weight is 373 g/mol. The van der Waals surface area contributed by atoms with Gasteiger partial charge in [0.05, 0.1) is 3.57 Å². The number of benzene rings is 2. The van der Waals surface area contributed by atoms with Gasteiger partial charge in [0.1, 0.15) is 5.75 Å². The minimum absolute atomic E-state index is 0.00476. The van der Waals surface area contributed by atoms with Crippen LogP contribution in [0.5, 0.6) is 11.5 Å². The van der Waals surface area contributed by atoms with Crippen LogP contribution in [0.2, 0.25) is 0 Å². The number of hydrogen-bond donors (Lipinski definition) is 3. The summed E-state index contributed by atoms with van der Waals surface area (Å²) in [7, 11) is 0. The molecule has 2 aromatic carbocycles. The molecular formula is C13H9FINO3. The van der Waals surface area contributed by atoms with E-state index in [2.05, 4.69) is 5.32 Å². The van der Waals surface area contributed by atoms with Crippen molar-refractivity contribution in [3.63, 3.8) is 0 Å². The largest absolute Gasteiger partial charge is 0.507 e. The quantitative estimate of drug-likeness (QED) is 0.560. The van der Waals surface area contributed by atoms with Gasteiger partial charge < -0.3 is 15.5 Å². The average Bonchev–Trinajstić information content (AvgIpc) is 2.37. The van der Waals surface area contributed by atoms with E-state index in [1.165, 1.54) is 12.1 Å². The standard InChI is InChI=1S/C13H9FINO3/c14-9-6-8(2-4-11(9)17)16-13(19)7-1-3-10(15)12(18)5-7/h1-6,17-18H,(H,16,19). The number of phenolic OH excluding ortho intramolecular Hbond substituents is 2. The molecule has 0 bridgehead atoms. The van der Waals surface area contributed by atoms with Crippen LogP contribution in [0.15, 0.2) is 36.4 Å². The van der Waals surface area contributed by atoms with Crippen LogP contribution in [0.1, 0.15) is 10.4 Å². The lowest BCUT2D eigenvalue weighted by atomic mass is 10.2. The van der Waals surface area contributed by atoms with E-state index in [9.17, 15) is 14.3 Å². The Morgan fingerprint density at radius 1 is 1.11 bits per heavy atom. The molecule has 0 aliphatic heterocycles. The Morgan fingerprint density at radius 2 is 1.84 bits per heavy atom. The molecule has 98 valence electrons. The topological polar surface area (TPSA) is 69.6 Å². The number of phenols is 2. The zero-order valence-electron chi connectivity index (χ0n) is 9.52. The summed E-state index contributed by atoms with van der Waals surface area (Å²) in [6, 6.07) is 8.02. The van der Waals surface area contributed by atoms with Gasteiger partial charge in [-0.1, -0.05) is 0 Å². The van der Waals surface area contributed by atoms with E-state index < -0.39 is 17.5 Å². The molecule has 0 atom stereocenters. The second-order valence-corrected chi connectivity index (χ2v) is 4.95. The Kier molecular flexibility index (Phi) is 3.89. The summed E-state index contributed by atoms with van der Waals surface area (Å²) < 4.78 is 13.7. The molecule has 19 heavy (non-hydrogen) atoms. The highest BCUT2D eigenvalue weighted by Gasteiger charge is 2.10. The minimum Gasteiger partial charge on any atom is -0.507 e. The molecule has 0 aliphatic carbocycles. The molecular weight excluding hydrogens is 364 g/mol. The number of hydrogen-bond acceptors (Lipinski definition) is 3. The van der Waals surface area contributed by atoms with Gasteiger partial charge in [-0.05, 0) is 52.9 Å². The van der Waals surface area contributed by atoms with Gasteiger partial charge in [-0.3, -0.25) is 4.79 Å². The Labute approximate surface area is 122 Å². The van der Waals surface area contributed by atoms with Gasteiger partial charge in [0.15, 0.2) is 11.6 Å². The minimum atomic E-state index is -0.816. The fraction of sp³-hybridized carbons (Fsp3) is 0. The maximum atomic E-state index is 13.1. The molecule has 2 aromatic rings. The molecule has 1 amide bonds. The predicted molar refractivity (Wildman–Crippen MR) is 76.8 cm³/mol. The lowest BCUT2D eigenvalue weighted by Crippen LogP contribution is -2.11. The first-order chi connectivity index (χ1) is 8.97. The van der Waals surface area contributed by atoms with Crippen LogP contribution in [0.3, 0.4) is 0 Å². The van der Waals surface area contributed by atoms with Crippen molar-refractivity contribution in [1.82, 2.24) is 0 Å². The van der Waals surface area contributed by atoms with Gasteiger partial charge in [-0.25, -0.2) is 4.39 Å². The maximum Gasteiger partial charge on any atom is 0.255 e. The van der Waals surface area contributed by atoms with E-state index in [1.807, 2.05) is 22.6 Å². The second kappa shape index (κ2) is 5.43. The first-order valence-electron chi connectivity index (χ1n) is 5.26. The normalized spacial score (nSPS) is 10.2. The third kappa shape index (κ3) is 3.14. The molecule has 0 spiro atoms. The van der Waals surface area contributed by atoms with Gasteiger partial charge in [0.25, 0.3) is 5.91 Å². The highest BCUT2D eigenvalue weighted by molar-refractivity contribution is 14.1. The summed E-state index contributed by atoms with van der Waals surface area (Å²) in [5, 5.41) is 21.0. The van der Waals surface area contributed by atoms with Crippen molar-refractivity contribution in [2.24, 2.45) is 0 Å². The van der Waals surface area contributed by atoms with Crippen LogP contribution in [-0.2, 0) is 0 Å². The van der Waals surface area contributed by atoms with E-state index in [1.54, 1.807) is 12.1 Å². The molecule has 0 saturated heterocycles. The van der Waals surface area contributed by atoms with Gasteiger partial charge in [0.2, 0.25) is 0 Å². The third-order valence-electron chi connectivity index (χ3n) is 2.41. The smallest absolute Gasteiger partial charge is 0.255 e.